The summed E-state index contributed by atoms with van der Waals surface area (Å²) in [4.78, 5) is 0. The van der Waals surface area contributed by atoms with Gasteiger partial charge in [0.05, 0.1) is 5.60 Å². The van der Waals surface area contributed by atoms with E-state index >= 15 is 0 Å². The van der Waals surface area contributed by atoms with Crippen LogP contribution in [0, 0.1) is 26.7 Å². The van der Waals surface area contributed by atoms with Crippen LogP contribution in [0.25, 0.3) is 0 Å². The summed E-state index contributed by atoms with van der Waals surface area (Å²) in [6.07, 6.45) is 5.18. The van der Waals surface area contributed by atoms with Crippen molar-refractivity contribution in [2.24, 2.45) is 5.92 Å². The molecule has 2 rings (SSSR count). The Morgan fingerprint density at radius 2 is 1.83 bits per heavy atom. The second-order valence-corrected chi connectivity index (χ2v) is 6.30. The Kier molecular flexibility index (Phi) is 3.82. The molecule has 0 heterocycles. The molecule has 0 radical (unpaired) electrons. The van der Waals surface area contributed by atoms with Gasteiger partial charge in [-0.15, -0.1) is 0 Å². The average molecular weight is 246 g/mol. The number of aryl methyl sites for hydroxylation is 3. The summed E-state index contributed by atoms with van der Waals surface area (Å²) in [7, 11) is 0. The van der Waals surface area contributed by atoms with Crippen LogP contribution in [-0.4, -0.2) is 10.7 Å². The van der Waals surface area contributed by atoms with Crippen molar-refractivity contribution in [1.29, 1.82) is 0 Å². The number of aliphatic hydroxyl groups is 1. The van der Waals surface area contributed by atoms with Gasteiger partial charge in [0.15, 0.2) is 0 Å². The van der Waals surface area contributed by atoms with Crippen molar-refractivity contribution < 1.29 is 5.11 Å². The van der Waals surface area contributed by atoms with Crippen molar-refractivity contribution in [3.63, 3.8) is 0 Å². The van der Waals surface area contributed by atoms with Gasteiger partial charge < -0.3 is 5.11 Å². The lowest BCUT2D eigenvalue weighted by Gasteiger charge is -2.25. The summed E-state index contributed by atoms with van der Waals surface area (Å²) in [5.41, 5.74) is 4.89. The van der Waals surface area contributed by atoms with Crippen LogP contribution < -0.4 is 0 Å². The minimum atomic E-state index is -0.453. The minimum absolute atomic E-state index is 0.453. The third kappa shape index (κ3) is 2.77. The van der Waals surface area contributed by atoms with E-state index < -0.39 is 5.60 Å². The normalized spacial score (nSPS) is 27.7. The second-order valence-electron chi connectivity index (χ2n) is 6.30. The van der Waals surface area contributed by atoms with Crippen molar-refractivity contribution in [2.75, 3.05) is 0 Å². The molecule has 18 heavy (non-hydrogen) atoms. The Morgan fingerprint density at radius 3 is 2.33 bits per heavy atom. The maximum atomic E-state index is 10.8. The fourth-order valence-electron chi connectivity index (χ4n) is 3.54. The standard InChI is InChI=1S/C17H26O/c1-5-15-6-7-17(18,10-15)11-16-13(3)8-12(2)9-14(16)4/h8-9,15,18H,5-7,10-11H2,1-4H3. The highest BCUT2D eigenvalue weighted by Gasteiger charge is 2.36. The average Bonchev–Trinajstić information content (AvgIpc) is 2.66. The van der Waals surface area contributed by atoms with E-state index in [1.54, 1.807) is 0 Å². The Labute approximate surface area is 111 Å². The Balaban J connectivity index is 2.20. The molecule has 0 saturated heterocycles. The highest BCUT2D eigenvalue weighted by Crippen LogP contribution is 2.39. The first kappa shape index (κ1) is 13.6. The molecule has 1 aliphatic carbocycles. The Morgan fingerprint density at radius 1 is 1.22 bits per heavy atom. The summed E-state index contributed by atoms with van der Waals surface area (Å²) in [6.45, 7) is 8.72. The van der Waals surface area contributed by atoms with E-state index in [0.29, 0.717) is 0 Å². The molecule has 2 atom stereocenters. The smallest absolute Gasteiger partial charge is 0.0690 e. The molecular formula is C17H26O. The molecule has 0 amide bonds. The second kappa shape index (κ2) is 5.05. The molecule has 0 aliphatic heterocycles. The van der Waals surface area contributed by atoms with Crippen LogP contribution in [0.2, 0.25) is 0 Å². The van der Waals surface area contributed by atoms with E-state index in [-0.39, 0.29) is 0 Å². The van der Waals surface area contributed by atoms with Crippen LogP contribution in [0.1, 0.15) is 54.9 Å². The van der Waals surface area contributed by atoms with E-state index in [1.807, 2.05) is 0 Å². The summed E-state index contributed by atoms with van der Waals surface area (Å²) in [5, 5.41) is 10.8. The van der Waals surface area contributed by atoms with E-state index in [9.17, 15) is 5.11 Å². The predicted molar refractivity (Wildman–Crippen MR) is 76.9 cm³/mol. The quantitative estimate of drug-likeness (QED) is 0.851. The molecular weight excluding hydrogens is 220 g/mol. The predicted octanol–water partition coefficient (Wildman–Crippen LogP) is 4.10. The van der Waals surface area contributed by atoms with E-state index in [1.165, 1.54) is 35.1 Å². The minimum Gasteiger partial charge on any atom is -0.390 e. The lowest BCUT2D eigenvalue weighted by Crippen LogP contribution is -2.28. The maximum absolute atomic E-state index is 10.8. The van der Waals surface area contributed by atoms with Gasteiger partial charge in [0.2, 0.25) is 0 Å². The fraction of sp³-hybridized carbons (Fsp3) is 0.647. The number of hydrogen-bond acceptors (Lipinski definition) is 1. The van der Waals surface area contributed by atoms with Crippen LogP contribution in [0.4, 0.5) is 0 Å². The fourth-order valence-corrected chi connectivity index (χ4v) is 3.54. The van der Waals surface area contributed by atoms with Crippen LogP contribution >= 0.6 is 0 Å². The van der Waals surface area contributed by atoms with Gasteiger partial charge in [-0.2, -0.15) is 0 Å². The molecule has 1 fully saturated rings. The zero-order valence-electron chi connectivity index (χ0n) is 12.2. The van der Waals surface area contributed by atoms with E-state index in [0.717, 1.165) is 25.2 Å². The zero-order chi connectivity index (χ0) is 13.3. The molecule has 1 N–H and O–H groups in total. The SMILES string of the molecule is CCC1CCC(O)(Cc2c(C)cc(C)cc2C)C1. The molecule has 1 saturated carbocycles. The zero-order valence-corrected chi connectivity index (χ0v) is 12.2. The third-order valence-electron chi connectivity index (χ3n) is 4.61. The van der Waals surface area contributed by atoms with Gasteiger partial charge in [-0.25, -0.2) is 0 Å². The summed E-state index contributed by atoms with van der Waals surface area (Å²) in [6, 6.07) is 4.47. The highest BCUT2D eigenvalue weighted by molar-refractivity contribution is 5.38. The van der Waals surface area contributed by atoms with Gasteiger partial charge in [0.25, 0.3) is 0 Å². The highest BCUT2D eigenvalue weighted by atomic mass is 16.3. The molecule has 1 aromatic carbocycles. The van der Waals surface area contributed by atoms with E-state index in [2.05, 4.69) is 39.8 Å². The monoisotopic (exact) mass is 246 g/mol. The van der Waals surface area contributed by atoms with Crippen molar-refractivity contribution in [2.45, 2.75) is 65.4 Å². The van der Waals surface area contributed by atoms with Gasteiger partial charge >= 0.3 is 0 Å². The van der Waals surface area contributed by atoms with Gasteiger partial charge in [0, 0.05) is 6.42 Å². The largest absolute Gasteiger partial charge is 0.390 e. The Hall–Kier alpha value is -0.820. The number of rotatable bonds is 3. The first-order chi connectivity index (χ1) is 8.43. The number of benzene rings is 1. The molecule has 0 bridgehead atoms. The van der Waals surface area contributed by atoms with Gasteiger partial charge in [-0.3, -0.25) is 0 Å². The molecule has 100 valence electrons. The molecule has 1 aliphatic rings. The maximum Gasteiger partial charge on any atom is 0.0690 e. The van der Waals surface area contributed by atoms with Crippen molar-refractivity contribution >= 4 is 0 Å². The first-order valence-corrected chi connectivity index (χ1v) is 7.22. The van der Waals surface area contributed by atoms with Crippen molar-refractivity contribution in [3.05, 3.63) is 34.4 Å². The van der Waals surface area contributed by atoms with Crippen LogP contribution in [-0.2, 0) is 6.42 Å². The molecule has 1 heteroatoms. The molecule has 1 nitrogen and oxygen atoms in total. The molecule has 1 aromatic rings. The summed E-state index contributed by atoms with van der Waals surface area (Å²) >= 11 is 0. The Bertz CT molecular complexity index is 412. The molecule has 0 spiro atoms. The lowest BCUT2D eigenvalue weighted by molar-refractivity contribution is 0.0433. The first-order valence-electron chi connectivity index (χ1n) is 7.22. The van der Waals surface area contributed by atoms with Crippen molar-refractivity contribution in [3.8, 4) is 0 Å². The van der Waals surface area contributed by atoms with E-state index in [4.69, 9.17) is 0 Å². The van der Waals surface area contributed by atoms with Crippen molar-refractivity contribution in [1.82, 2.24) is 0 Å². The molecule has 2 unspecified atom stereocenters. The van der Waals surface area contributed by atoms with Crippen LogP contribution in [0.15, 0.2) is 12.1 Å². The summed E-state index contributed by atoms with van der Waals surface area (Å²) in [5.74, 6) is 0.723. The topological polar surface area (TPSA) is 20.2 Å². The summed E-state index contributed by atoms with van der Waals surface area (Å²) < 4.78 is 0. The van der Waals surface area contributed by atoms with Crippen LogP contribution in [0.3, 0.4) is 0 Å². The van der Waals surface area contributed by atoms with Gasteiger partial charge in [-0.05, 0) is 62.6 Å². The third-order valence-corrected chi connectivity index (χ3v) is 4.61. The lowest BCUT2D eigenvalue weighted by atomic mass is 9.86. The number of hydrogen-bond donors (Lipinski definition) is 1. The molecule has 0 aromatic heterocycles. The van der Waals surface area contributed by atoms with Crippen LogP contribution in [0.5, 0.6) is 0 Å². The van der Waals surface area contributed by atoms with Gasteiger partial charge in [-0.1, -0.05) is 31.0 Å². The van der Waals surface area contributed by atoms with Gasteiger partial charge in [0.1, 0.15) is 0 Å².